The van der Waals surface area contributed by atoms with Gasteiger partial charge in [-0.1, -0.05) is 12.1 Å². The first-order valence-electron chi connectivity index (χ1n) is 6.26. The molecule has 0 spiro atoms. The molecule has 0 aliphatic heterocycles. The topological polar surface area (TPSA) is 114 Å². The van der Waals surface area contributed by atoms with Gasteiger partial charge >= 0.3 is 5.97 Å². The van der Waals surface area contributed by atoms with Gasteiger partial charge in [0.15, 0.2) is 0 Å². The third kappa shape index (κ3) is 3.50. The van der Waals surface area contributed by atoms with E-state index in [-0.39, 0.29) is 17.1 Å². The van der Waals surface area contributed by atoms with Crippen LogP contribution in [-0.4, -0.2) is 29.2 Å². The number of sulfonamides is 1. The van der Waals surface area contributed by atoms with E-state index in [9.17, 15) is 13.2 Å². The highest BCUT2D eigenvalue weighted by molar-refractivity contribution is 7.89. The molecule has 114 valence electrons. The SMILES string of the molecule is CCCn1cc(S(=O)(=O)NCc2ccon2)cc1C(=O)O. The molecule has 0 fully saturated rings. The van der Waals surface area contributed by atoms with Crippen LogP contribution >= 0.6 is 0 Å². The van der Waals surface area contributed by atoms with Gasteiger partial charge in [0.2, 0.25) is 10.0 Å². The lowest BCUT2D eigenvalue weighted by atomic mass is 10.4. The summed E-state index contributed by atoms with van der Waals surface area (Å²) in [7, 11) is -3.81. The van der Waals surface area contributed by atoms with Crippen LogP contribution in [0.2, 0.25) is 0 Å². The summed E-state index contributed by atoms with van der Waals surface area (Å²) in [4.78, 5) is 11.0. The van der Waals surface area contributed by atoms with E-state index in [2.05, 4.69) is 14.4 Å². The van der Waals surface area contributed by atoms with Crippen molar-refractivity contribution in [2.45, 2.75) is 31.3 Å². The fourth-order valence-electron chi connectivity index (χ4n) is 1.82. The lowest BCUT2D eigenvalue weighted by Gasteiger charge is -2.03. The number of carbonyl (C=O) groups is 1. The summed E-state index contributed by atoms with van der Waals surface area (Å²) in [5.74, 6) is -1.17. The third-order valence-electron chi connectivity index (χ3n) is 2.80. The Bertz CT molecular complexity index is 718. The van der Waals surface area contributed by atoms with Gasteiger partial charge in [0.25, 0.3) is 0 Å². The number of aromatic carboxylic acids is 1. The molecule has 9 heteroatoms. The average Bonchev–Trinajstić information content (AvgIpc) is 3.06. The quantitative estimate of drug-likeness (QED) is 0.790. The Hall–Kier alpha value is -2.13. The summed E-state index contributed by atoms with van der Waals surface area (Å²) in [6.45, 7) is 2.28. The number of carboxylic acid groups (broad SMARTS) is 1. The minimum absolute atomic E-state index is 0.0276. The Morgan fingerprint density at radius 1 is 1.52 bits per heavy atom. The molecule has 0 aliphatic rings. The van der Waals surface area contributed by atoms with Gasteiger partial charge in [0.1, 0.15) is 16.9 Å². The highest BCUT2D eigenvalue weighted by Crippen LogP contribution is 2.15. The van der Waals surface area contributed by atoms with Crippen LogP contribution in [0.1, 0.15) is 29.5 Å². The second kappa shape index (κ2) is 6.10. The van der Waals surface area contributed by atoms with E-state index >= 15 is 0 Å². The van der Waals surface area contributed by atoms with E-state index < -0.39 is 16.0 Å². The van der Waals surface area contributed by atoms with Crippen molar-refractivity contribution >= 4 is 16.0 Å². The maximum atomic E-state index is 12.1. The molecular weight excluding hydrogens is 298 g/mol. The van der Waals surface area contributed by atoms with Crippen LogP contribution < -0.4 is 4.72 Å². The van der Waals surface area contributed by atoms with E-state index in [1.54, 1.807) is 0 Å². The van der Waals surface area contributed by atoms with Crippen molar-refractivity contribution in [2.24, 2.45) is 0 Å². The van der Waals surface area contributed by atoms with Crippen LogP contribution in [0.25, 0.3) is 0 Å². The molecular formula is C12H15N3O5S. The number of aromatic nitrogens is 2. The number of rotatable bonds is 7. The summed E-state index contributed by atoms with van der Waals surface area (Å²) >= 11 is 0. The maximum Gasteiger partial charge on any atom is 0.352 e. The molecule has 2 heterocycles. The molecule has 0 saturated heterocycles. The van der Waals surface area contributed by atoms with E-state index in [4.69, 9.17) is 5.11 Å². The van der Waals surface area contributed by atoms with Crippen LogP contribution in [-0.2, 0) is 23.1 Å². The third-order valence-corrected chi connectivity index (χ3v) is 4.17. The van der Waals surface area contributed by atoms with E-state index in [0.29, 0.717) is 18.7 Å². The van der Waals surface area contributed by atoms with Crippen LogP contribution in [0.5, 0.6) is 0 Å². The molecule has 0 amide bonds. The van der Waals surface area contributed by atoms with Crippen LogP contribution in [0.3, 0.4) is 0 Å². The maximum absolute atomic E-state index is 12.1. The average molecular weight is 313 g/mol. The van der Waals surface area contributed by atoms with Gasteiger partial charge < -0.3 is 14.2 Å². The molecule has 21 heavy (non-hydrogen) atoms. The van der Waals surface area contributed by atoms with Gasteiger partial charge in [-0.3, -0.25) is 0 Å². The van der Waals surface area contributed by atoms with E-state index in [1.807, 2.05) is 6.92 Å². The first-order valence-corrected chi connectivity index (χ1v) is 7.74. The van der Waals surface area contributed by atoms with E-state index in [1.165, 1.54) is 23.1 Å². The Labute approximate surface area is 121 Å². The fourth-order valence-corrected chi connectivity index (χ4v) is 2.85. The normalized spacial score (nSPS) is 11.7. The largest absolute Gasteiger partial charge is 0.477 e. The van der Waals surface area contributed by atoms with Crippen molar-refractivity contribution in [3.63, 3.8) is 0 Å². The first kappa shape index (κ1) is 15.3. The summed E-state index contributed by atoms with van der Waals surface area (Å²) < 4.78 is 32.6. The molecule has 0 atom stereocenters. The molecule has 0 unspecified atom stereocenters. The lowest BCUT2D eigenvalue weighted by Crippen LogP contribution is -2.23. The lowest BCUT2D eigenvalue weighted by molar-refractivity contribution is 0.0685. The Kier molecular flexibility index (Phi) is 4.43. The smallest absolute Gasteiger partial charge is 0.352 e. The van der Waals surface area contributed by atoms with Gasteiger partial charge in [0, 0.05) is 18.8 Å². The highest BCUT2D eigenvalue weighted by Gasteiger charge is 2.21. The molecule has 0 aliphatic carbocycles. The summed E-state index contributed by atoms with van der Waals surface area (Å²) in [6, 6.07) is 2.68. The predicted octanol–water partition coefficient (Wildman–Crippen LogP) is 1.06. The minimum atomic E-state index is -3.81. The molecule has 8 nitrogen and oxygen atoms in total. The zero-order valence-corrected chi connectivity index (χ0v) is 12.1. The molecule has 0 aromatic carbocycles. The summed E-state index contributed by atoms with van der Waals surface area (Å²) in [5, 5.41) is 12.7. The van der Waals surface area contributed by atoms with Crippen molar-refractivity contribution < 1.29 is 22.8 Å². The van der Waals surface area contributed by atoms with Gasteiger partial charge in [0.05, 0.1) is 12.2 Å². The molecule has 2 rings (SSSR count). The number of nitrogens with one attached hydrogen (secondary N) is 1. The number of hydrogen-bond donors (Lipinski definition) is 2. The first-order chi connectivity index (χ1) is 9.94. The van der Waals surface area contributed by atoms with Crippen molar-refractivity contribution in [3.05, 3.63) is 36.0 Å². The molecule has 2 aromatic rings. The van der Waals surface area contributed by atoms with Crippen molar-refractivity contribution in [3.8, 4) is 0 Å². The van der Waals surface area contributed by atoms with Crippen LogP contribution in [0.15, 0.2) is 34.0 Å². The Morgan fingerprint density at radius 3 is 2.86 bits per heavy atom. The van der Waals surface area contributed by atoms with Gasteiger partial charge in [-0.05, 0) is 12.5 Å². The van der Waals surface area contributed by atoms with Gasteiger partial charge in [-0.2, -0.15) is 0 Å². The Balaban J connectivity index is 2.23. The van der Waals surface area contributed by atoms with Crippen molar-refractivity contribution in [2.75, 3.05) is 0 Å². The molecule has 0 saturated carbocycles. The standard InChI is InChI=1S/C12H15N3O5S/c1-2-4-15-8-10(6-11(15)12(16)17)21(18,19)13-7-9-3-5-20-14-9/h3,5-6,8,13H,2,4,7H2,1H3,(H,16,17). The molecule has 0 bridgehead atoms. The van der Waals surface area contributed by atoms with E-state index in [0.717, 1.165) is 6.07 Å². The predicted molar refractivity (Wildman–Crippen MR) is 72.2 cm³/mol. The highest BCUT2D eigenvalue weighted by atomic mass is 32.2. The molecule has 2 aromatic heterocycles. The zero-order valence-electron chi connectivity index (χ0n) is 11.3. The summed E-state index contributed by atoms with van der Waals surface area (Å²) in [5.41, 5.74) is 0.378. The summed E-state index contributed by atoms with van der Waals surface area (Å²) in [6.07, 6.45) is 3.35. The number of nitrogens with zero attached hydrogens (tertiary/aromatic N) is 2. The van der Waals surface area contributed by atoms with Crippen molar-refractivity contribution in [1.29, 1.82) is 0 Å². The van der Waals surface area contributed by atoms with Crippen LogP contribution in [0, 0.1) is 0 Å². The van der Waals surface area contributed by atoms with Gasteiger partial charge in [-0.15, -0.1) is 0 Å². The van der Waals surface area contributed by atoms with Crippen molar-refractivity contribution in [1.82, 2.24) is 14.4 Å². The number of carboxylic acids is 1. The fraction of sp³-hybridized carbons (Fsp3) is 0.333. The molecule has 0 radical (unpaired) electrons. The van der Waals surface area contributed by atoms with Gasteiger partial charge in [-0.25, -0.2) is 17.9 Å². The zero-order chi connectivity index (χ0) is 15.5. The second-order valence-corrected chi connectivity index (χ2v) is 6.14. The second-order valence-electron chi connectivity index (χ2n) is 4.37. The molecule has 2 N–H and O–H groups in total. The minimum Gasteiger partial charge on any atom is -0.477 e. The Morgan fingerprint density at radius 2 is 2.29 bits per heavy atom. The van der Waals surface area contributed by atoms with Crippen LogP contribution in [0.4, 0.5) is 0 Å². The monoisotopic (exact) mass is 313 g/mol. The number of hydrogen-bond acceptors (Lipinski definition) is 5. The number of aryl methyl sites for hydroxylation is 1.